The molecule has 7 aromatic carbocycles. The molecule has 1 unspecified atom stereocenters. The van der Waals surface area contributed by atoms with E-state index in [9.17, 15) is 0 Å². The van der Waals surface area contributed by atoms with E-state index in [0.717, 1.165) is 66.8 Å². The third kappa shape index (κ3) is 4.22. The Morgan fingerprint density at radius 2 is 1.11 bits per heavy atom. The Hall–Kier alpha value is -6.00. The summed E-state index contributed by atoms with van der Waals surface area (Å²) in [4.78, 5) is 10.6. The summed E-state index contributed by atoms with van der Waals surface area (Å²) in [6.45, 7) is 0. The van der Waals surface area contributed by atoms with Crippen molar-refractivity contribution < 1.29 is 4.42 Å². The topological polar surface area (TPSA) is 49.9 Å². The zero-order valence-corrected chi connectivity index (χ0v) is 24.3. The van der Waals surface area contributed by atoms with Gasteiger partial charge in [0.15, 0.2) is 6.17 Å². The number of amidine groups is 2. The summed E-state index contributed by atoms with van der Waals surface area (Å²) >= 11 is 0. The normalized spacial score (nSPS) is 14.9. The molecule has 45 heavy (non-hydrogen) atoms. The minimum atomic E-state index is -0.491. The molecule has 0 aliphatic carbocycles. The van der Waals surface area contributed by atoms with E-state index >= 15 is 0 Å². The van der Waals surface area contributed by atoms with Crippen LogP contribution in [0, 0.1) is 0 Å². The molecule has 1 aromatic heterocycles. The first-order valence-corrected chi connectivity index (χ1v) is 15.2. The molecule has 4 nitrogen and oxygen atoms in total. The van der Waals surface area contributed by atoms with Crippen molar-refractivity contribution in [3.05, 3.63) is 168 Å². The molecule has 0 bridgehead atoms. The van der Waals surface area contributed by atoms with E-state index in [0.29, 0.717) is 0 Å². The molecule has 8 aromatic rings. The second-order valence-electron chi connectivity index (χ2n) is 11.4. The van der Waals surface area contributed by atoms with Crippen molar-refractivity contribution in [2.45, 2.75) is 6.17 Å². The molecule has 1 N–H and O–H groups in total. The molecule has 2 heterocycles. The lowest BCUT2D eigenvalue weighted by molar-refractivity contribution is 0.668. The number of furan rings is 1. The van der Waals surface area contributed by atoms with Gasteiger partial charge in [0.2, 0.25) is 0 Å². The average molecular weight is 578 g/mol. The van der Waals surface area contributed by atoms with Gasteiger partial charge in [0.1, 0.15) is 22.8 Å². The van der Waals surface area contributed by atoms with Gasteiger partial charge < -0.3 is 9.73 Å². The number of nitrogens with zero attached hydrogens (tertiary/aromatic N) is 2. The predicted octanol–water partition coefficient (Wildman–Crippen LogP) is 10.1. The molecule has 0 radical (unpaired) electrons. The van der Waals surface area contributed by atoms with Crippen molar-refractivity contribution in [2.24, 2.45) is 9.98 Å². The van der Waals surface area contributed by atoms with Crippen LogP contribution < -0.4 is 5.32 Å². The molecule has 0 fully saturated rings. The van der Waals surface area contributed by atoms with Crippen LogP contribution in [0.1, 0.15) is 22.9 Å². The van der Waals surface area contributed by atoms with Gasteiger partial charge in [-0.1, -0.05) is 140 Å². The first kappa shape index (κ1) is 25.5. The van der Waals surface area contributed by atoms with E-state index in [-0.39, 0.29) is 0 Å². The molecule has 0 spiro atoms. The van der Waals surface area contributed by atoms with Crippen molar-refractivity contribution in [3.63, 3.8) is 0 Å². The maximum Gasteiger partial charge on any atom is 0.170 e. The van der Waals surface area contributed by atoms with Crippen molar-refractivity contribution in [3.8, 4) is 11.1 Å². The number of benzene rings is 7. The van der Waals surface area contributed by atoms with Gasteiger partial charge in [0.05, 0.1) is 0 Å². The molecule has 1 aliphatic heterocycles. The molecule has 212 valence electrons. The van der Waals surface area contributed by atoms with Crippen LogP contribution in [-0.4, -0.2) is 11.7 Å². The minimum Gasteiger partial charge on any atom is -0.455 e. The summed E-state index contributed by atoms with van der Waals surface area (Å²) in [7, 11) is 0. The summed E-state index contributed by atoms with van der Waals surface area (Å²) in [6.07, 6.45) is -0.491. The zero-order valence-electron chi connectivity index (χ0n) is 24.3. The number of para-hydroxylation sites is 1. The van der Waals surface area contributed by atoms with Crippen molar-refractivity contribution in [1.82, 2.24) is 5.32 Å². The fourth-order valence-corrected chi connectivity index (χ4v) is 6.63. The Morgan fingerprint density at radius 1 is 0.489 bits per heavy atom. The summed E-state index contributed by atoms with van der Waals surface area (Å²) in [5.41, 5.74) is 6.93. The molecule has 1 atom stereocenters. The number of rotatable bonds is 4. The summed E-state index contributed by atoms with van der Waals surface area (Å²) in [5, 5.41) is 10.5. The monoisotopic (exact) mass is 577 g/mol. The molecule has 1 aliphatic rings. The molecular weight excluding hydrogens is 550 g/mol. The zero-order chi connectivity index (χ0) is 29.7. The molecule has 0 amide bonds. The minimum absolute atomic E-state index is 0.491. The van der Waals surface area contributed by atoms with Gasteiger partial charge in [-0.05, 0) is 39.2 Å². The maximum atomic E-state index is 6.59. The number of nitrogens with one attached hydrogen (secondary N) is 1. The van der Waals surface area contributed by atoms with E-state index in [4.69, 9.17) is 14.4 Å². The third-order valence-corrected chi connectivity index (χ3v) is 8.73. The summed E-state index contributed by atoms with van der Waals surface area (Å²) < 4.78 is 6.59. The Kier molecular flexibility index (Phi) is 5.85. The second kappa shape index (κ2) is 10.3. The third-order valence-electron chi connectivity index (χ3n) is 8.73. The van der Waals surface area contributed by atoms with Crippen molar-refractivity contribution in [1.29, 1.82) is 0 Å². The highest BCUT2D eigenvalue weighted by Crippen LogP contribution is 2.42. The van der Waals surface area contributed by atoms with Crippen LogP contribution in [0.15, 0.2) is 166 Å². The largest absolute Gasteiger partial charge is 0.455 e. The lowest BCUT2D eigenvalue weighted by atomic mass is 9.95. The van der Waals surface area contributed by atoms with Crippen LogP contribution >= 0.6 is 0 Å². The van der Waals surface area contributed by atoms with E-state index in [1.807, 2.05) is 36.4 Å². The van der Waals surface area contributed by atoms with Gasteiger partial charge in [-0.15, -0.1) is 0 Å². The predicted molar refractivity (Wildman–Crippen MR) is 186 cm³/mol. The molecular formula is C41H27N3O. The first-order chi connectivity index (χ1) is 22.3. The van der Waals surface area contributed by atoms with Gasteiger partial charge >= 0.3 is 0 Å². The Labute approximate surface area is 260 Å². The highest BCUT2D eigenvalue weighted by molar-refractivity contribution is 6.24. The van der Waals surface area contributed by atoms with Gasteiger partial charge in [0, 0.05) is 33.0 Å². The van der Waals surface area contributed by atoms with Crippen LogP contribution in [0.4, 0.5) is 0 Å². The number of fused-ring (bicyclic) bond motifs is 6. The van der Waals surface area contributed by atoms with E-state index in [1.54, 1.807) is 0 Å². The highest BCUT2D eigenvalue weighted by atomic mass is 16.3. The maximum absolute atomic E-state index is 6.59. The first-order valence-electron chi connectivity index (χ1n) is 15.2. The smallest absolute Gasteiger partial charge is 0.170 e. The summed E-state index contributed by atoms with van der Waals surface area (Å²) in [5.74, 6) is 1.58. The van der Waals surface area contributed by atoms with E-state index in [1.165, 1.54) is 16.2 Å². The van der Waals surface area contributed by atoms with Crippen molar-refractivity contribution in [2.75, 3.05) is 0 Å². The van der Waals surface area contributed by atoms with Crippen LogP contribution in [0.3, 0.4) is 0 Å². The Morgan fingerprint density at radius 3 is 1.91 bits per heavy atom. The Bertz CT molecular complexity index is 2460. The average Bonchev–Trinajstić information content (AvgIpc) is 3.51. The van der Waals surface area contributed by atoms with E-state index in [2.05, 4.69) is 121 Å². The molecule has 0 saturated carbocycles. The quantitative estimate of drug-likeness (QED) is 0.212. The highest BCUT2D eigenvalue weighted by Gasteiger charge is 2.26. The fraction of sp³-hybridized carbons (Fsp3) is 0.0244. The Balaban J connectivity index is 1.32. The van der Waals surface area contributed by atoms with Crippen LogP contribution in [0.2, 0.25) is 0 Å². The van der Waals surface area contributed by atoms with Gasteiger partial charge in [-0.3, -0.25) is 0 Å². The van der Waals surface area contributed by atoms with Crippen LogP contribution in [0.25, 0.3) is 54.6 Å². The van der Waals surface area contributed by atoms with Crippen LogP contribution in [-0.2, 0) is 0 Å². The molecule has 9 rings (SSSR count). The molecule has 4 heteroatoms. The van der Waals surface area contributed by atoms with Gasteiger partial charge in [-0.25, -0.2) is 9.98 Å². The summed E-state index contributed by atoms with van der Waals surface area (Å²) in [6, 6.07) is 52.6. The number of hydrogen-bond acceptors (Lipinski definition) is 4. The van der Waals surface area contributed by atoms with E-state index < -0.39 is 6.17 Å². The SMILES string of the molecule is c1ccc(C2=NC(c3ccc(-c4ccccc4)c4oc5ccccc5c34)N=C(c3cc4ccccc4c4ccccc34)N2)cc1. The number of aliphatic imine (C=N–C) groups is 2. The standard InChI is InChI=1S/C41H27N3O/c1-3-13-26(14-4-1)30-23-24-34(37-33-21-11-12-22-36(33)45-38(30)37)40-42-39(27-15-5-2-6-16-27)43-41(44-40)35-25-28-17-7-8-18-29(28)31-19-9-10-20-32(31)35/h1-25,40H,(H,42,43,44). The lowest BCUT2D eigenvalue weighted by Crippen LogP contribution is -2.36. The van der Waals surface area contributed by atoms with Crippen molar-refractivity contribution >= 4 is 55.2 Å². The molecule has 0 saturated heterocycles. The van der Waals surface area contributed by atoms with Gasteiger partial charge in [0.25, 0.3) is 0 Å². The lowest BCUT2D eigenvalue weighted by Gasteiger charge is -2.24. The van der Waals surface area contributed by atoms with Gasteiger partial charge in [-0.2, -0.15) is 0 Å². The second-order valence-corrected chi connectivity index (χ2v) is 11.4. The van der Waals surface area contributed by atoms with Crippen LogP contribution in [0.5, 0.6) is 0 Å². The fourth-order valence-electron chi connectivity index (χ4n) is 6.63. The number of hydrogen-bond donors (Lipinski definition) is 1.